The molecule has 0 saturated heterocycles. The third-order valence-electron chi connectivity index (χ3n) is 3.74. The predicted octanol–water partition coefficient (Wildman–Crippen LogP) is 3.58. The third-order valence-corrected chi connectivity index (χ3v) is 3.74. The lowest BCUT2D eigenvalue weighted by Crippen LogP contribution is -2.12. The van der Waals surface area contributed by atoms with E-state index in [1.807, 2.05) is 0 Å². The second kappa shape index (κ2) is 22.8. The lowest BCUT2D eigenvalue weighted by atomic mass is 10.1. The van der Waals surface area contributed by atoms with Crippen LogP contribution in [0.3, 0.4) is 0 Å². The molecule has 0 fully saturated rings. The summed E-state index contributed by atoms with van der Waals surface area (Å²) in [4.78, 5) is 0. The van der Waals surface area contributed by atoms with Crippen LogP contribution in [0.2, 0.25) is 0 Å². The molecule has 0 radical (unpaired) electrons. The number of unbranched alkanes of at least 4 members (excludes halogenated alkanes) is 8. The van der Waals surface area contributed by atoms with E-state index in [1.165, 1.54) is 51.4 Å². The highest BCUT2D eigenvalue weighted by molar-refractivity contribution is 4.46. The summed E-state index contributed by atoms with van der Waals surface area (Å²) in [6, 6.07) is 0. The molecule has 0 unspecified atom stereocenters. The van der Waals surface area contributed by atoms with Gasteiger partial charge >= 0.3 is 0 Å². The first-order valence-corrected chi connectivity index (χ1v) is 9.83. The topological polar surface area (TPSA) is 57.2 Å². The Morgan fingerprint density at radius 3 is 1.29 bits per heavy atom. The zero-order valence-corrected chi connectivity index (χ0v) is 15.8. The fourth-order valence-corrected chi connectivity index (χ4v) is 2.34. The Hall–Kier alpha value is -0.200. The van der Waals surface area contributed by atoms with Crippen LogP contribution in [0.25, 0.3) is 0 Å². The normalized spacial score (nSPS) is 11.2. The van der Waals surface area contributed by atoms with Crippen LogP contribution in [-0.4, -0.2) is 64.6 Å². The van der Waals surface area contributed by atoms with Crippen molar-refractivity contribution in [3.8, 4) is 0 Å². The lowest BCUT2D eigenvalue weighted by molar-refractivity contribution is -0.00577. The van der Waals surface area contributed by atoms with Crippen LogP contribution in [-0.2, 0) is 18.9 Å². The van der Waals surface area contributed by atoms with E-state index in [1.54, 1.807) is 0 Å². The summed E-state index contributed by atoms with van der Waals surface area (Å²) in [6.45, 7) is 7.04. The summed E-state index contributed by atoms with van der Waals surface area (Å²) in [7, 11) is 0. The van der Waals surface area contributed by atoms with Gasteiger partial charge in [-0.15, -0.1) is 0 Å². The van der Waals surface area contributed by atoms with Crippen molar-refractivity contribution in [2.75, 3.05) is 59.5 Å². The average molecular weight is 349 g/mol. The Labute approximate surface area is 149 Å². The lowest BCUT2D eigenvalue weighted by Gasteiger charge is -2.07. The summed E-state index contributed by atoms with van der Waals surface area (Å²) >= 11 is 0. The Morgan fingerprint density at radius 1 is 0.458 bits per heavy atom. The van der Waals surface area contributed by atoms with Crippen molar-refractivity contribution in [3.05, 3.63) is 0 Å². The first-order chi connectivity index (χ1) is 11.9. The summed E-state index contributed by atoms with van der Waals surface area (Å²) in [6.07, 6.45) is 12.1. The first-order valence-electron chi connectivity index (χ1n) is 9.83. The van der Waals surface area contributed by atoms with E-state index in [9.17, 15) is 0 Å². The molecule has 0 amide bonds. The number of aliphatic hydroxyl groups excluding tert-OH is 1. The molecule has 0 bridgehead atoms. The van der Waals surface area contributed by atoms with Gasteiger partial charge in [0.2, 0.25) is 0 Å². The molecule has 0 aliphatic carbocycles. The molecule has 0 aromatic heterocycles. The highest BCUT2D eigenvalue weighted by atomic mass is 16.6. The predicted molar refractivity (Wildman–Crippen MR) is 97.6 cm³/mol. The smallest absolute Gasteiger partial charge is 0.0701 e. The Kier molecular flexibility index (Phi) is 22.6. The van der Waals surface area contributed by atoms with Crippen LogP contribution >= 0.6 is 0 Å². The van der Waals surface area contributed by atoms with Crippen LogP contribution in [0.4, 0.5) is 0 Å². The van der Waals surface area contributed by atoms with Crippen molar-refractivity contribution in [1.29, 1.82) is 0 Å². The van der Waals surface area contributed by atoms with E-state index < -0.39 is 0 Å². The van der Waals surface area contributed by atoms with Crippen LogP contribution in [0.15, 0.2) is 0 Å². The second-order valence-corrected chi connectivity index (χ2v) is 6.00. The maximum atomic E-state index is 8.52. The van der Waals surface area contributed by atoms with Gasteiger partial charge in [0.15, 0.2) is 0 Å². The van der Waals surface area contributed by atoms with Crippen molar-refractivity contribution in [1.82, 2.24) is 0 Å². The Bertz CT molecular complexity index is 192. The van der Waals surface area contributed by atoms with Crippen molar-refractivity contribution in [2.24, 2.45) is 0 Å². The van der Waals surface area contributed by atoms with E-state index in [-0.39, 0.29) is 6.61 Å². The fraction of sp³-hybridized carbons (Fsp3) is 1.00. The molecule has 0 atom stereocenters. The van der Waals surface area contributed by atoms with Crippen LogP contribution in [0.1, 0.15) is 64.7 Å². The molecule has 0 aliphatic rings. The minimum atomic E-state index is 0.0577. The largest absolute Gasteiger partial charge is 0.394 e. The molecule has 5 heteroatoms. The molecule has 0 spiro atoms. The fourth-order valence-electron chi connectivity index (χ4n) is 2.34. The highest BCUT2D eigenvalue weighted by Crippen LogP contribution is 2.09. The molecule has 0 aromatic rings. The third kappa shape index (κ3) is 21.8. The molecule has 1 N–H and O–H groups in total. The number of ether oxygens (including phenoxy) is 4. The summed E-state index contributed by atoms with van der Waals surface area (Å²) in [5.41, 5.74) is 0. The van der Waals surface area contributed by atoms with Crippen LogP contribution in [0, 0.1) is 0 Å². The molecular weight excluding hydrogens is 308 g/mol. The molecule has 0 rings (SSSR count). The quantitative estimate of drug-likeness (QED) is 0.321. The van der Waals surface area contributed by atoms with Gasteiger partial charge in [-0.05, 0) is 6.42 Å². The highest BCUT2D eigenvalue weighted by Gasteiger charge is 1.94. The molecule has 0 aliphatic heterocycles. The minimum Gasteiger partial charge on any atom is -0.394 e. The van der Waals surface area contributed by atoms with Gasteiger partial charge in [0.05, 0.1) is 52.9 Å². The van der Waals surface area contributed by atoms with E-state index in [0.717, 1.165) is 13.0 Å². The molecule has 24 heavy (non-hydrogen) atoms. The average Bonchev–Trinajstić information content (AvgIpc) is 2.60. The van der Waals surface area contributed by atoms with E-state index in [2.05, 4.69) is 6.92 Å². The molecule has 0 aromatic carbocycles. The van der Waals surface area contributed by atoms with E-state index in [0.29, 0.717) is 46.2 Å². The molecule has 146 valence electrons. The van der Waals surface area contributed by atoms with Crippen LogP contribution < -0.4 is 0 Å². The monoisotopic (exact) mass is 348 g/mol. The summed E-state index contributed by atoms with van der Waals surface area (Å²) in [5.74, 6) is 0. The van der Waals surface area contributed by atoms with Gasteiger partial charge in [-0.1, -0.05) is 58.3 Å². The SMILES string of the molecule is CCCCCCCCCCCOCCOCCOCCOCCO. The van der Waals surface area contributed by atoms with Gasteiger partial charge in [-0.25, -0.2) is 0 Å². The number of aliphatic hydroxyl groups is 1. The van der Waals surface area contributed by atoms with Crippen LogP contribution in [0.5, 0.6) is 0 Å². The van der Waals surface area contributed by atoms with Gasteiger partial charge in [0, 0.05) is 6.61 Å². The van der Waals surface area contributed by atoms with Gasteiger partial charge in [-0.3, -0.25) is 0 Å². The first kappa shape index (κ1) is 23.8. The van der Waals surface area contributed by atoms with E-state index in [4.69, 9.17) is 24.1 Å². The summed E-state index contributed by atoms with van der Waals surface area (Å²) < 4.78 is 21.4. The number of hydrogen-bond donors (Lipinski definition) is 1. The van der Waals surface area contributed by atoms with Crippen molar-refractivity contribution < 1.29 is 24.1 Å². The Morgan fingerprint density at radius 2 is 0.833 bits per heavy atom. The zero-order chi connectivity index (χ0) is 17.6. The summed E-state index contributed by atoms with van der Waals surface area (Å²) in [5, 5.41) is 8.52. The van der Waals surface area contributed by atoms with Crippen molar-refractivity contribution in [2.45, 2.75) is 64.7 Å². The molecule has 0 heterocycles. The molecule has 0 saturated carbocycles. The zero-order valence-electron chi connectivity index (χ0n) is 15.8. The van der Waals surface area contributed by atoms with Crippen molar-refractivity contribution >= 4 is 0 Å². The maximum Gasteiger partial charge on any atom is 0.0701 e. The Balaban J connectivity index is 2.93. The van der Waals surface area contributed by atoms with Gasteiger partial charge in [0.25, 0.3) is 0 Å². The van der Waals surface area contributed by atoms with E-state index >= 15 is 0 Å². The second-order valence-electron chi connectivity index (χ2n) is 6.00. The standard InChI is InChI=1S/C19H40O5/c1-2-3-4-5-6-7-8-9-10-12-21-14-16-23-18-19-24-17-15-22-13-11-20/h20H,2-19H2,1H3. The number of hydrogen-bond acceptors (Lipinski definition) is 5. The van der Waals surface area contributed by atoms with Gasteiger partial charge < -0.3 is 24.1 Å². The number of rotatable bonds is 21. The van der Waals surface area contributed by atoms with Crippen molar-refractivity contribution in [3.63, 3.8) is 0 Å². The minimum absolute atomic E-state index is 0.0577. The van der Waals surface area contributed by atoms with Gasteiger partial charge in [0.1, 0.15) is 0 Å². The van der Waals surface area contributed by atoms with Gasteiger partial charge in [-0.2, -0.15) is 0 Å². The molecular formula is C19H40O5. The molecule has 5 nitrogen and oxygen atoms in total. The maximum absolute atomic E-state index is 8.52.